The third-order valence-corrected chi connectivity index (χ3v) is 3.69. The van der Waals surface area contributed by atoms with Crippen LogP contribution in [0.3, 0.4) is 0 Å². The van der Waals surface area contributed by atoms with E-state index in [1.54, 1.807) is 12.4 Å². The largest absolute Gasteiger partial charge is 0.328 e. The van der Waals surface area contributed by atoms with Crippen molar-refractivity contribution >= 4 is 5.91 Å². The smallest absolute Gasteiger partial charge is 0.274 e. The highest BCUT2D eigenvalue weighted by molar-refractivity contribution is 5.92. The molecule has 1 fully saturated rings. The normalized spacial score (nSPS) is 18.5. The van der Waals surface area contributed by atoms with Gasteiger partial charge in [-0.2, -0.15) is 0 Å². The predicted molar refractivity (Wildman–Crippen MR) is 79.9 cm³/mol. The molecule has 2 heterocycles. The van der Waals surface area contributed by atoms with Crippen molar-refractivity contribution in [3.8, 4) is 0 Å². The van der Waals surface area contributed by atoms with Gasteiger partial charge in [0.2, 0.25) is 0 Å². The Hall–Kier alpha value is -2.27. The number of amides is 1. The summed E-state index contributed by atoms with van der Waals surface area (Å²) in [5.41, 5.74) is 2.35. The van der Waals surface area contributed by atoms with Crippen LogP contribution in [0.5, 0.6) is 0 Å². The van der Waals surface area contributed by atoms with Crippen molar-refractivity contribution in [2.24, 2.45) is 0 Å². The van der Waals surface area contributed by atoms with Crippen molar-refractivity contribution in [1.82, 2.24) is 20.2 Å². The minimum absolute atomic E-state index is 0.0375. The number of carbonyl (C=O) groups excluding carboxylic acids is 1. The number of piperazine rings is 1. The van der Waals surface area contributed by atoms with E-state index in [2.05, 4.69) is 27.4 Å². The van der Waals surface area contributed by atoms with Crippen LogP contribution in [0.1, 0.15) is 27.8 Å². The summed E-state index contributed by atoms with van der Waals surface area (Å²) < 4.78 is 0. The van der Waals surface area contributed by atoms with Crippen LogP contribution < -0.4 is 5.32 Å². The van der Waals surface area contributed by atoms with Gasteiger partial charge in [-0.15, -0.1) is 0 Å². The van der Waals surface area contributed by atoms with Crippen molar-refractivity contribution in [2.45, 2.75) is 13.0 Å². The Morgan fingerprint density at radius 2 is 2.05 bits per heavy atom. The summed E-state index contributed by atoms with van der Waals surface area (Å²) in [7, 11) is 0. The van der Waals surface area contributed by atoms with Crippen LogP contribution in [-0.4, -0.2) is 40.4 Å². The summed E-state index contributed by atoms with van der Waals surface area (Å²) in [5, 5.41) is 3.35. The van der Waals surface area contributed by atoms with E-state index in [0.29, 0.717) is 12.2 Å². The van der Waals surface area contributed by atoms with E-state index in [0.717, 1.165) is 24.3 Å². The molecule has 1 aliphatic rings. The topological polar surface area (TPSA) is 58.1 Å². The molecule has 2 aromatic rings. The summed E-state index contributed by atoms with van der Waals surface area (Å²) in [4.78, 5) is 22.9. The summed E-state index contributed by atoms with van der Waals surface area (Å²) in [6, 6.07) is 10.1. The van der Waals surface area contributed by atoms with Gasteiger partial charge in [-0.25, -0.2) is 4.98 Å². The van der Waals surface area contributed by atoms with Crippen LogP contribution in [-0.2, 0) is 0 Å². The molecule has 5 heteroatoms. The molecular weight excluding hydrogens is 264 g/mol. The Kier molecular flexibility index (Phi) is 3.92. The Labute approximate surface area is 124 Å². The van der Waals surface area contributed by atoms with Crippen LogP contribution in [0.25, 0.3) is 0 Å². The molecule has 1 saturated heterocycles. The van der Waals surface area contributed by atoms with Gasteiger partial charge < -0.3 is 10.2 Å². The first-order chi connectivity index (χ1) is 10.3. The second-order valence-corrected chi connectivity index (χ2v) is 5.17. The third-order valence-electron chi connectivity index (χ3n) is 3.69. The second-order valence-electron chi connectivity index (χ2n) is 5.17. The number of carbonyl (C=O) groups is 1. The highest BCUT2D eigenvalue weighted by Gasteiger charge is 2.29. The maximum atomic E-state index is 12.7. The third kappa shape index (κ3) is 2.92. The van der Waals surface area contributed by atoms with Gasteiger partial charge in [0, 0.05) is 25.8 Å². The molecule has 0 bridgehead atoms. The number of benzene rings is 1. The molecule has 0 radical (unpaired) electrons. The number of hydrogen-bond acceptors (Lipinski definition) is 4. The van der Waals surface area contributed by atoms with E-state index in [-0.39, 0.29) is 11.9 Å². The second kappa shape index (κ2) is 6.01. The molecule has 1 amide bonds. The van der Waals surface area contributed by atoms with Crippen LogP contribution in [0, 0.1) is 6.92 Å². The van der Waals surface area contributed by atoms with E-state index in [9.17, 15) is 4.79 Å². The fourth-order valence-corrected chi connectivity index (χ4v) is 2.57. The van der Waals surface area contributed by atoms with E-state index in [4.69, 9.17) is 0 Å². The lowest BCUT2D eigenvalue weighted by molar-refractivity contribution is 0.0627. The number of rotatable bonds is 2. The number of hydrogen-bond donors (Lipinski definition) is 1. The fraction of sp³-hybridized carbons (Fsp3) is 0.312. The van der Waals surface area contributed by atoms with Crippen LogP contribution >= 0.6 is 0 Å². The Morgan fingerprint density at radius 1 is 1.24 bits per heavy atom. The monoisotopic (exact) mass is 282 g/mol. The van der Waals surface area contributed by atoms with Gasteiger partial charge in [0.25, 0.3) is 5.91 Å². The van der Waals surface area contributed by atoms with Crippen molar-refractivity contribution in [3.05, 3.63) is 59.7 Å². The van der Waals surface area contributed by atoms with E-state index in [1.165, 1.54) is 0 Å². The first kappa shape index (κ1) is 13.7. The van der Waals surface area contributed by atoms with Crippen LogP contribution in [0.15, 0.2) is 42.7 Å². The molecule has 0 aliphatic carbocycles. The van der Waals surface area contributed by atoms with Gasteiger partial charge in [-0.3, -0.25) is 9.78 Å². The minimum atomic E-state index is -0.0575. The van der Waals surface area contributed by atoms with E-state index in [1.807, 2.05) is 30.0 Å². The average molecular weight is 282 g/mol. The summed E-state index contributed by atoms with van der Waals surface area (Å²) in [6.07, 6.45) is 3.19. The predicted octanol–water partition coefficient (Wildman–Crippen LogP) is 1.57. The number of aryl methyl sites for hydroxylation is 1. The molecule has 0 spiro atoms. The molecule has 1 atom stereocenters. The van der Waals surface area contributed by atoms with Gasteiger partial charge in [-0.05, 0) is 12.5 Å². The van der Waals surface area contributed by atoms with Gasteiger partial charge in [0.05, 0.1) is 17.9 Å². The lowest BCUT2D eigenvalue weighted by atomic mass is 10.0. The first-order valence-electron chi connectivity index (χ1n) is 7.11. The minimum Gasteiger partial charge on any atom is -0.328 e. The molecule has 1 aromatic carbocycles. The molecule has 0 saturated carbocycles. The molecule has 21 heavy (non-hydrogen) atoms. The van der Waals surface area contributed by atoms with E-state index >= 15 is 0 Å². The van der Waals surface area contributed by atoms with Crippen molar-refractivity contribution in [3.63, 3.8) is 0 Å². The number of nitrogens with one attached hydrogen (secondary N) is 1. The zero-order valence-electron chi connectivity index (χ0n) is 12.0. The Bertz CT molecular complexity index is 612. The molecule has 5 nitrogen and oxygen atoms in total. The maximum Gasteiger partial charge on any atom is 0.274 e. The summed E-state index contributed by atoms with van der Waals surface area (Å²) >= 11 is 0. The molecule has 3 rings (SSSR count). The first-order valence-corrected chi connectivity index (χ1v) is 7.11. The van der Waals surface area contributed by atoms with Crippen molar-refractivity contribution in [2.75, 3.05) is 19.6 Å². The fourth-order valence-electron chi connectivity index (χ4n) is 2.57. The zero-order chi connectivity index (χ0) is 14.7. The summed E-state index contributed by atoms with van der Waals surface area (Å²) in [6.45, 7) is 4.09. The van der Waals surface area contributed by atoms with Gasteiger partial charge in [-0.1, -0.05) is 30.3 Å². The maximum absolute atomic E-state index is 12.7. The van der Waals surface area contributed by atoms with Crippen molar-refractivity contribution in [1.29, 1.82) is 0 Å². The Morgan fingerprint density at radius 3 is 2.76 bits per heavy atom. The highest BCUT2D eigenvalue weighted by Crippen LogP contribution is 2.23. The lowest BCUT2D eigenvalue weighted by Crippen LogP contribution is -2.48. The molecule has 1 unspecified atom stereocenters. The van der Waals surface area contributed by atoms with Gasteiger partial charge in [0.15, 0.2) is 0 Å². The standard InChI is InChI=1S/C16H18N4O/c1-12-9-19-14(10-18-12)16(21)20-8-7-17-11-15(20)13-5-3-2-4-6-13/h2-6,9-10,15,17H,7-8,11H2,1H3. The SMILES string of the molecule is Cc1cnc(C(=O)N2CCNCC2c2ccccc2)cn1. The zero-order valence-corrected chi connectivity index (χ0v) is 12.0. The average Bonchev–Trinajstić information content (AvgIpc) is 2.56. The van der Waals surface area contributed by atoms with Crippen LogP contribution in [0.2, 0.25) is 0 Å². The van der Waals surface area contributed by atoms with Crippen molar-refractivity contribution < 1.29 is 4.79 Å². The van der Waals surface area contributed by atoms with Crippen LogP contribution in [0.4, 0.5) is 0 Å². The quantitative estimate of drug-likeness (QED) is 0.908. The van der Waals surface area contributed by atoms with Gasteiger partial charge >= 0.3 is 0 Å². The van der Waals surface area contributed by atoms with E-state index < -0.39 is 0 Å². The molecule has 1 N–H and O–H groups in total. The number of aromatic nitrogens is 2. The molecular formula is C16H18N4O. The lowest BCUT2D eigenvalue weighted by Gasteiger charge is -2.36. The summed E-state index contributed by atoms with van der Waals surface area (Å²) in [5.74, 6) is -0.0575. The molecule has 1 aromatic heterocycles. The highest BCUT2D eigenvalue weighted by atomic mass is 16.2. The Balaban J connectivity index is 1.87. The number of nitrogens with zero attached hydrogens (tertiary/aromatic N) is 3. The molecule has 108 valence electrons. The molecule has 1 aliphatic heterocycles. The van der Waals surface area contributed by atoms with Gasteiger partial charge in [0.1, 0.15) is 5.69 Å².